The SMILES string of the molecule is CC(C)COc1cc(Br)ccc1C(=O)N1CC(F)(F)C1. The van der Waals surface area contributed by atoms with Gasteiger partial charge in [0.1, 0.15) is 5.75 Å². The molecule has 1 amide bonds. The largest absolute Gasteiger partial charge is 0.492 e. The number of carbonyl (C=O) groups excluding carboxylic acids is 1. The Labute approximate surface area is 125 Å². The Bertz CT molecular complexity index is 512. The number of rotatable bonds is 4. The van der Waals surface area contributed by atoms with Crippen molar-refractivity contribution in [1.82, 2.24) is 4.90 Å². The van der Waals surface area contributed by atoms with Crippen molar-refractivity contribution in [2.75, 3.05) is 19.7 Å². The molecule has 1 aliphatic rings. The minimum absolute atomic E-state index is 0.310. The van der Waals surface area contributed by atoms with Gasteiger partial charge < -0.3 is 9.64 Å². The van der Waals surface area contributed by atoms with Crippen molar-refractivity contribution in [3.05, 3.63) is 28.2 Å². The van der Waals surface area contributed by atoms with Gasteiger partial charge in [-0.3, -0.25) is 4.79 Å². The zero-order chi connectivity index (χ0) is 14.9. The predicted molar refractivity (Wildman–Crippen MR) is 75.3 cm³/mol. The van der Waals surface area contributed by atoms with Crippen LogP contribution in [-0.4, -0.2) is 36.4 Å². The number of hydrogen-bond donors (Lipinski definition) is 0. The molecule has 0 aromatic heterocycles. The van der Waals surface area contributed by atoms with Crippen LogP contribution in [0.15, 0.2) is 22.7 Å². The molecular weight excluding hydrogens is 332 g/mol. The lowest BCUT2D eigenvalue weighted by atomic mass is 10.1. The van der Waals surface area contributed by atoms with Crippen LogP contribution in [0, 0.1) is 5.92 Å². The summed E-state index contributed by atoms with van der Waals surface area (Å²) in [6.07, 6.45) is 0. The van der Waals surface area contributed by atoms with Gasteiger partial charge in [0, 0.05) is 4.47 Å². The van der Waals surface area contributed by atoms with E-state index in [4.69, 9.17) is 4.74 Å². The zero-order valence-electron chi connectivity index (χ0n) is 11.3. The number of alkyl halides is 2. The molecule has 6 heteroatoms. The molecule has 0 saturated carbocycles. The van der Waals surface area contributed by atoms with Gasteiger partial charge >= 0.3 is 0 Å². The molecule has 0 bridgehead atoms. The lowest BCUT2D eigenvalue weighted by Crippen LogP contribution is -2.58. The second kappa shape index (κ2) is 5.68. The van der Waals surface area contributed by atoms with Crippen LogP contribution in [0.1, 0.15) is 24.2 Å². The first-order chi connectivity index (χ1) is 9.28. The van der Waals surface area contributed by atoms with Crippen molar-refractivity contribution >= 4 is 21.8 Å². The lowest BCUT2D eigenvalue weighted by molar-refractivity contribution is -0.113. The van der Waals surface area contributed by atoms with Crippen LogP contribution in [0.5, 0.6) is 5.75 Å². The molecule has 1 heterocycles. The molecule has 0 aliphatic carbocycles. The summed E-state index contributed by atoms with van der Waals surface area (Å²) in [5.74, 6) is -2.44. The Morgan fingerprint density at radius 3 is 2.65 bits per heavy atom. The van der Waals surface area contributed by atoms with Gasteiger partial charge in [0.25, 0.3) is 11.8 Å². The van der Waals surface area contributed by atoms with Gasteiger partial charge in [-0.2, -0.15) is 0 Å². The van der Waals surface area contributed by atoms with E-state index >= 15 is 0 Å². The maximum absolute atomic E-state index is 12.9. The van der Waals surface area contributed by atoms with Gasteiger partial charge in [0.2, 0.25) is 0 Å². The Hall–Kier alpha value is -1.17. The van der Waals surface area contributed by atoms with E-state index in [0.29, 0.717) is 23.8 Å². The van der Waals surface area contributed by atoms with Crippen molar-refractivity contribution in [1.29, 1.82) is 0 Å². The second-order valence-corrected chi connectivity index (χ2v) is 6.28. The first-order valence-electron chi connectivity index (χ1n) is 6.38. The van der Waals surface area contributed by atoms with Crippen LogP contribution in [0.25, 0.3) is 0 Å². The van der Waals surface area contributed by atoms with Gasteiger partial charge in [0.15, 0.2) is 0 Å². The van der Waals surface area contributed by atoms with Crippen molar-refractivity contribution < 1.29 is 18.3 Å². The number of nitrogens with zero attached hydrogens (tertiary/aromatic N) is 1. The highest BCUT2D eigenvalue weighted by molar-refractivity contribution is 9.10. The van der Waals surface area contributed by atoms with Crippen LogP contribution in [0.4, 0.5) is 8.78 Å². The van der Waals surface area contributed by atoms with E-state index in [1.54, 1.807) is 18.2 Å². The van der Waals surface area contributed by atoms with Crippen LogP contribution in [0.3, 0.4) is 0 Å². The molecule has 1 aromatic carbocycles. The maximum Gasteiger partial charge on any atom is 0.282 e. The Morgan fingerprint density at radius 1 is 1.45 bits per heavy atom. The number of carbonyl (C=O) groups is 1. The number of benzene rings is 1. The van der Waals surface area contributed by atoms with Gasteiger partial charge in [0.05, 0.1) is 25.3 Å². The van der Waals surface area contributed by atoms with Crippen molar-refractivity contribution in [3.8, 4) is 5.75 Å². The quantitative estimate of drug-likeness (QED) is 0.833. The average molecular weight is 348 g/mol. The summed E-state index contributed by atoms with van der Waals surface area (Å²) in [7, 11) is 0. The van der Waals surface area contributed by atoms with E-state index in [-0.39, 0.29) is 0 Å². The minimum atomic E-state index is -2.76. The number of likely N-dealkylation sites (tertiary alicyclic amines) is 1. The van der Waals surface area contributed by atoms with E-state index in [2.05, 4.69) is 15.9 Å². The summed E-state index contributed by atoms with van der Waals surface area (Å²) in [5, 5.41) is 0. The maximum atomic E-state index is 12.9. The van der Waals surface area contributed by atoms with E-state index in [1.165, 1.54) is 0 Å². The molecule has 2 rings (SSSR count). The molecule has 0 spiro atoms. The van der Waals surface area contributed by atoms with E-state index in [9.17, 15) is 13.6 Å². The molecule has 1 saturated heterocycles. The molecule has 1 aromatic rings. The monoisotopic (exact) mass is 347 g/mol. The molecule has 20 heavy (non-hydrogen) atoms. The summed E-state index contributed by atoms with van der Waals surface area (Å²) < 4.78 is 32.1. The standard InChI is InChI=1S/C14H16BrF2NO2/c1-9(2)6-20-12-5-10(15)3-4-11(12)13(19)18-7-14(16,17)8-18/h3-5,9H,6-8H2,1-2H3. The van der Waals surface area contributed by atoms with Gasteiger partial charge in [-0.15, -0.1) is 0 Å². The Balaban J connectivity index is 2.16. The van der Waals surface area contributed by atoms with Gasteiger partial charge in [-0.25, -0.2) is 8.78 Å². The molecule has 0 atom stereocenters. The smallest absolute Gasteiger partial charge is 0.282 e. The fourth-order valence-electron chi connectivity index (χ4n) is 1.87. The summed E-state index contributed by atoms with van der Waals surface area (Å²) in [5.41, 5.74) is 0.323. The number of halogens is 3. The summed E-state index contributed by atoms with van der Waals surface area (Å²) in [6, 6.07) is 4.99. The number of hydrogen-bond acceptors (Lipinski definition) is 2. The zero-order valence-corrected chi connectivity index (χ0v) is 12.9. The fraction of sp³-hybridized carbons (Fsp3) is 0.500. The summed E-state index contributed by atoms with van der Waals surface area (Å²) in [4.78, 5) is 13.3. The first-order valence-corrected chi connectivity index (χ1v) is 7.17. The highest BCUT2D eigenvalue weighted by Crippen LogP contribution is 2.31. The molecule has 0 radical (unpaired) electrons. The van der Waals surface area contributed by atoms with Crippen LogP contribution in [0.2, 0.25) is 0 Å². The molecule has 0 N–H and O–H groups in total. The summed E-state index contributed by atoms with van der Waals surface area (Å²) >= 11 is 3.31. The first kappa shape index (κ1) is 15.2. The van der Waals surface area contributed by atoms with E-state index in [0.717, 1.165) is 9.37 Å². The molecule has 0 unspecified atom stereocenters. The predicted octanol–water partition coefficient (Wildman–Crippen LogP) is 3.58. The van der Waals surface area contributed by atoms with Crippen LogP contribution in [-0.2, 0) is 0 Å². The summed E-state index contributed by atoms with van der Waals surface area (Å²) in [6.45, 7) is 3.41. The van der Waals surface area contributed by atoms with Gasteiger partial charge in [-0.05, 0) is 24.1 Å². The second-order valence-electron chi connectivity index (χ2n) is 5.36. The Morgan fingerprint density at radius 2 is 2.10 bits per heavy atom. The highest BCUT2D eigenvalue weighted by Gasteiger charge is 2.46. The Kier molecular flexibility index (Phi) is 4.32. The van der Waals surface area contributed by atoms with E-state index < -0.39 is 24.9 Å². The number of amides is 1. The van der Waals surface area contributed by atoms with E-state index in [1.807, 2.05) is 13.8 Å². The highest BCUT2D eigenvalue weighted by atomic mass is 79.9. The third-order valence-electron chi connectivity index (χ3n) is 2.88. The third kappa shape index (κ3) is 3.48. The molecule has 110 valence electrons. The van der Waals surface area contributed by atoms with Crippen molar-refractivity contribution in [2.24, 2.45) is 5.92 Å². The topological polar surface area (TPSA) is 29.5 Å². The average Bonchev–Trinajstić information content (AvgIpc) is 2.32. The molecular formula is C14H16BrF2NO2. The normalized spacial score (nSPS) is 17.0. The van der Waals surface area contributed by atoms with Crippen LogP contribution < -0.4 is 4.74 Å². The molecule has 1 aliphatic heterocycles. The minimum Gasteiger partial charge on any atom is -0.492 e. The fourth-order valence-corrected chi connectivity index (χ4v) is 2.21. The molecule has 1 fully saturated rings. The molecule has 3 nitrogen and oxygen atoms in total. The van der Waals surface area contributed by atoms with Crippen molar-refractivity contribution in [3.63, 3.8) is 0 Å². The number of ether oxygens (including phenoxy) is 1. The lowest BCUT2D eigenvalue weighted by Gasteiger charge is -2.38. The third-order valence-corrected chi connectivity index (χ3v) is 3.37. The van der Waals surface area contributed by atoms with Gasteiger partial charge in [-0.1, -0.05) is 29.8 Å². The van der Waals surface area contributed by atoms with Crippen LogP contribution >= 0.6 is 15.9 Å². The van der Waals surface area contributed by atoms with Crippen molar-refractivity contribution in [2.45, 2.75) is 19.8 Å².